The molecule has 10 nitrogen and oxygen atoms in total. The van der Waals surface area contributed by atoms with Gasteiger partial charge in [-0.3, -0.25) is 0 Å². The van der Waals surface area contributed by atoms with Crippen LogP contribution in [0.15, 0.2) is 60.8 Å². The Bertz CT molecular complexity index is 882. The molecule has 0 rings (SSSR count). The molecule has 0 aromatic heterocycles. The van der Waals surface area contributed by atoms with Crippen molar-refractivity contribution in [3.8, 4) is 0 Å². The maximum Gasteiger partial charge on any atom is 0.333 e. The van der Waals surface area contributed by atoms with Gasteiger partial charge in [0.2, 0.25) is 0 Å². The number of hydrogen-bond donors (Lipinski definition) is 0. The highest BCUT2D eigenvalue weighted by Crippen LogP contribution is 2.07. The third-order valence-electron chi connectivity index (χ3n) is 3.84. The molecule has 0 bridgehead atoms. The van der Waals surface area contributed by atoms with Gasteiger partial charge in [0, 0.05) is 40.7 Å². The second-order valence-electron chi connectivity index (χ2n) is 8.08. The van der Waals surface area contributed by atoms with Crippen LogP contribution in [0.3, 0.4) is 0 Å². The average molecular weight is 523 g/mol. The van der Waals surface area contributed by atoms with Crippen molar-refractivity contribution in [2.45, 2.75) is 53.6 Å². The summed E-state index contributed by atoms with van der Waals surface area (Å²) in [6, 6.07) is 0. The Morgan fingerprint density at radius 1 is 0.514 bits per heavy atom. The fourth-order valence-electron chi connectivity index (χ4n) is 1.76. The Kier molecular flexibility index (Phi) is 18.3. The first-order chi connectivity index (χ1) is 17.1. The summed E-state index contributed by atoms with van der Waals surface area (Å²) in [7, 11) is 0. The topological polar surface area (TPSA) is 132 Å². The van der Waals surface area contributed by atoms with E-state index in [0.29, 0.717) is 17.6 Å². The molecule has 0 N–H and O–H groups in total. The van der Waals surface area contributed by atoms with Crippen LogP contribution >= 0.6 is 0 Å². The quantitative estimate of drug-likeness (QED) is 0.136. The molecule has 0 saturated heterocycles. The van der Waals surface area contributed by atoms with Crippen molar-refractivity contribution >= 4 is 29.8 Å². The molecule has 0 amide bonds. The molecule has 1 unspecified atom stereocenters. The van der Waals surface area contributed by atoms with Crippen molar-refractivity contribution in [1.29, 1.82) is 0 Å². The summed E-state index contributed by atoms with van der Waals surface area (Å²) < 4.78 is 24.6. The summed E-state index contributed by atoms with van der Waals surface area (Å²) in [6.45, 7) is 25.2. The molecule has 0 aliphatic rings. The van der Waals surface area contributed by atoms with E-state index in [1.165, 1.54) is 20.8 Å². The van der Waals surface area contributed by atoms with Crippen molar-refractivity contribution in [2.75, 3.05) is 26.4 Å². The Hall–Kier alpha value is -3.95. The molecule has 10 heteroatoms. The second kappa shape index (κ2) is 19.3. The van der Waals surface area contributed by atoms with Crippen LogP contribution in [-0.4, -0.2) is 62.4 Å². The maximum atomic E-state index is 11.5. The van der Waals surface area contributed by atoms with Crippen molar-refractivity contribution in [3.05, 3.63) is 60.8 Å². The summed E-state index contributed by atoms with van der Waals surface area (Å²) in [5, 5.41) is 0. The lowest BCUT2D eigenvalue weighted by atomic mass is 10.2. The maximum absolute atomic E-state index is 11.5. The zero-order valence-corrected chi connectivity index (χ0v) is 22.4. The second-order valence-corrected chi connectivity index (χ2v) is 8.08. The van der Waals surface area contributed by atoms with Crippen LogP contribution in [0.1, 0.15) is 47.5 Å². The third-order valence-corrected chi connectivity index (χ3v) is 3.84. The Morgan fingerprint density at radius 2 is 0.838 bits per heavy atom. The molecule has 0 radical (unpaired) electrons. The molecule has 0 aromatic rings. The number of carbonyl (C=O) groups is 5. The van der Waals surface area contributed by atoms with Crippen LogP contribution in [0.25, 0.3) is 0 Å². The van der Waals surface area contributed by atoms with E-state index in [4.69, 9.17) is 23.7 Å². The van der Waals surface area contributed by atoms with E-state index in [1.54, 1.807) is 13.8 Å². The molecular formula is C27H38O10. The minimum absolute atomic E-state index is 0.00442. The van der Waals surface area contributed by atoms with Crippen LogP contribution in [0.2, 0.25) is 0 Å². The molecule has 0 heterocycles. The van der Waals surface area contributed by atoms with E-state index in [0.717, 1.165) is 0 Å². The lowest BCUT2D eigenvalue weighted by molar-refractivity contribution is -0.156. The van der Waals surface area contributed by atoms with Crippen LogP contribution in [0.4, 0.5) is 0 Å². The highest BCUT2D eigenvalue weighted by molar-refractivity contribution is 5.88. The van der Waals surface area contributed by atoms with Gasteiger partial charge in [-0.25, -0.2) is 24.0 Å². The summed E-state index contributed by atoms with van der Waals surface area (Å²) in [5.74, 6) is -2.59. The number of ether oxygens (including phenoxy) is 5. The molecule has 0 aromatic carbocycles. The van der Waals surface area contributed by atoms with Gasteiger partial charge in [-0.15, -0.1) is 0 Å². The van der Waals surface area contributed by atoms with Gasteiger partial charge in [-0.2, -0.15) is 0 Å². The minimum atomic E-state index is -0.745. The van der Waals surface area contributed by atoms with Gasteiger partial charge in [0.05, 0.1) is 19.8 Å². The first kappa shape index (κ1) is 35.2. The molecule has 0 aliphatic heterocycles. The van der Waals surface area contributed by atoms with Crippen molar-refractivity contribution < 1.29 is 47.7 Å². The Labute approximate surface area is 218 Å². The fraction of sp³-hybridized carbons (Fsp3) is 0.444. The summed E-state index contributed by atoms with van der Waals surface area (Å²) in [4.78, 5) is 56.0. The van der Waals surface area contributed by atoms with Crippen LogP contribution in [-0.2, 0) is 47.7 Å². The SMILES string of the molecule is C=C(C)C(=O)OCCC(COC(=O)C(=C)C)OC(=O)C(=C)C.C=C(C)C(=O)OCCCOC(=O)C(=C)C. The zero-order valence-electron chi connectivity index (χ0n) is 22.4. The Balaban J connectivity index is 0. The lowest BCUT2D eigenvalue weighted by Crippen LogP contribution is -2.27. The van der Waals surface area contributed by atoms with Gasteiger partial charge in [0.1, 0.15) is 12.7 Å². The highest BCUT2D eigenvalue weighted by atomic mass is 16.6. The predicted molar refractivity (Wildman–Crippen MR) is 137 cm³/mol. The normalized spacial score (nSPS) is 10.3. The van der Waals surface area contributed by atoms with E-state index in [2.05, 4.69) is 32.9 Å². The minimum Gasteiger partial charge on any atom is -0.462 e. The van der Waals surface area contributed by atoms with Gasteiger partial charge in [0.15, 0.2) is 0 Å². The van der Waals surface area contributed by atoms with Crippen molar-refractivity contribution in [1.82, 2.24) is 0 Å². The molecule has 37 heavy (non-hydrogen) atoms. The predicted octanol–water partition coefficient (Wildman–Crippen LogP) is 3.72. The first-order valence-electron chi connectivity index (χ1n) is 11.3. The van der Waals surface area contributed by atoms with E-state index >= 15 is 0 Å². The molecule has 0 aliphatic carbocycles. The molecule has 1 atom stereocenters. The van der Waals surface area contributed by atoms with Crippen molar-refractivity contribution in [3.63, 3.8) is 0 Å². The molecule has 206 valence electrons. The summed E-state index contributed by atoms with van der Waals surface area (Å²) in [5.41, 5.74) is 1.43. The van der Waals surface area contributed by atoms with Gasteiger partial charge < -0.3 is 23.7 Å². The van der Waals surface area contributed by atoms with Crippen LogP contribution < -0.4 is 0 Å². The van der Waals surface area contributed by atoms with Gasteiger partial charge in [0.25, 0.3) is 0 Å². The summed E-state index contributed by atoms with van der Waals surface area (Å²) in [6.07, 6.45) is -0.0926. The van der Waals surface area contributed by atoms with Gasteiger partial charge in [-0.05, 0) is 34.6 Å². The van der Waals surface area contributed by atoms with Crippen LogP contribution in [0.5, 0.6) is 0 Å². The standard InChI is InChI=1S/C16H22O6.C11H16O4/c1-10(2)14(17)20-8-7-13(22-16(19)12(5)6)9-21-15(18)11(3)4;1-8(2)10(12)14-6-5-7-15-11(13)9(3)4/h13H,1,3,5,7-9H2,2,4,6H3;1,3,5-7H2,2,4H3. The smallest absolute Gasteiger partial charge is 0.333 e. The van der Waals surface area contributed by atoms with Gasteiger partial charge in [-0.1, -0.05) is 32.9 Å². The fourth-order valence-corrected chi connectivity index (χ4v) is 1.76. The van der Waals surface area contributed by atoms with E-state index in [-0.39, 0.29) is 49.6 Å². The van der Waals surface area contributed by atoms with E-state index < -0.39 is 36.0 Å². The monoisotopic (exact) mass is 522 g/mol. The number of carbonyl (C=O) groups excluding carboxylic acids is 5. The number of hydrogen-bond acceptors (Lipinski definition) is 10. The largest absolute Gasteiger partial charge is 0.462 e. The van der Waals surface area contributed by atoms with Gasteiger partial charge >= 0.3 is 29.8 Å². The summed E-state index contributed by atoms with van der Waals surface area (Å²) >= 11 is 0. The third kappa shape index (κ3) is 19.0. The number of esters is 5. The van der Waals surface area contributed by atoms with Crippen LogP contribution in [0, 0.1) is 0 Å². The first-order valence-corrected chi connectivity index (χ1v) is 11.3. The Morgan fingerprint density at radius 3 is 1.19 bits per heavy atom. The van der Waals surface area contributed by atoms with E-state index in [1.807, 2.05) is 0 Å². The molecule has 0 saturated carbocycles. The zero-order chi connectivity index (χ0) is 29.1. The number of rotatable bonds is 15. The average Bonchev–Trinajstić information content (AvgIpc) is 2.81. The molecular weight excluding hydrogens is 484 g/mol. The lowest BCUT2D eigenvalue weighted by Gasteiger charge is -2.18. The van der Waals surface area contributed by atoms with Crippen molar-refractivity contribution in [2.24, 2.45) is 0 Å². The highest BCUT2D eigenvalue weighted by Gasteiger charge is 2.18. The molecule has 0 fully saturated rings. The molecule has 0 spiro atoms. The van der Waals surface area contributed by atoms with E-state index in [9.17, 15) is 24.0 Å².